The van der Waals surface area contributed by atoms with Crippen LogP contribution in [0.2, 0.25) is 0 Å². The van der Waals surface area contributed by atoms with Crippen molar-refractivity contribution in [2.75, 3.05) is 59.7 Å². The van der Waals surface area contributed by atoms with E-state index in [9.17, 15) is 0 Å². The number of aliphatic hydroxyl groups is 1. The van der Waals surface area contributed by atoms with Crippen molar-refractivity contribution in [2.24, 2.45) is 10.9 Å². The van der Waals surface area contributed by atoms with Crippen LogP contribution >= 0.6 is 24.0 Å². The highest BCUT2D eigenvalue weighted by atomic mass is 127. The SMILES string of the molecule is CCNC(=NCCO)N1CCC(COCCOC)C1.I. The van der Waals surface area contributed by atoms with Gasteiger partial charge in [-0.3, -0.25) is 4.99 Å². The van der Waals surface area contributed by atoms with E-state index >= 15 is 0 Å². The van der Waals surface area contributed by atoms with Crippen molar-refractivity contribution >= 4 is 29.9 Å². The summed E-state index contributed by atoms with van der Waals surface area (Å²) in [5.41, 5.74) is 0. The van der Waals surface area contributed by atoms with E-state index in [-0.39, 0.29) is 30.6 Å². The van der Waals surface area contributed by atoms with Gasteiger partial charge in [-0.15, -0.1) is 24.0 Å². The standard InChI is InChI=1S/C13H27N3O3.HI/c1-3-14-13(15-5-7-17)16-6-4-12(10-16)11-19-9-8-18-2;/h12,17H,3-11H2,1-2H3,(H,14,15);1H. The van der Waals surface area contributed by atoms with Gasteiger partial charge >= 0.3 is 0 Å². The molecule has 0 aromatic carbocycles. The van der Waals surface area contributed by atoms with E-state index in [1.54, 1.807) is 7.11 Å². The maximum absolute atomic E-state index is 8.86. The molecular weight excluding hydrogens is 373 g/mol. The highest BCUT2D eigenvalue weighted by Crippen LogP contribution is 2.16. The largest absolute Gasteiger partial charge is 0.394 e. The van der Waals surface area contributed by atoms with Gasteiger partial charge in [-0.1, -0.05) is 0 Å². The van der Waals surface area contributed by atoms with Crippen molar-refractivity contribution in [3.8, 4) is 0 Å². The van der Waals surface area contributed by atoms with Gasteiger partial charge in [0, 0.05) is 32.7 Å². The monoisotopic (exact) mass is 401 g/mol. The third kappa shape index (κ3) is 7.61. The molecule has 1 aliphatic heterocycles. The highest BCUT2D eigenvalue weighted by Gasteiger charge is 2.24. The third-order valence-electron chi connectivity index (χ3n) is 3.07. The Morgan fingerprint density at radius 1 is 1.45 bits per heavy atom. The number of ether oxygens (including phenoxy) is 2. The molecule has 6 nitrogen and oxygen atoms in total. The number of halogens is 1. The number of aliphatic hydroxyl groups excluding tert-OH is 1. The van der Waals surface area contributed by atoms with Gasteiger partial charge in [0.1, 0.15) is 0 Å². The fourth-order valence-electron chi connectivity index (χ4n) is 2.14. The summed E-state index contributed by atoms with van der Waals surface area (Å²) in [6.07, 6.45) is 1.12. The molecule has 1 rings (SSSR count). The Kier molecular flexibility index (Phi) is 12.5. The van der Waals surface area contributed by atoms with Gasteiger partial charge in [-0.25, -0.2) is 0 Å². The lowest BCUT2D eigenvalue weighted by Gasteiger charge is -2.21. The molecule has 0 saturated carbocycles. The fourth-order valence-corrected chi connectivity index (χ4v) is 2.14. The van der Waals surface area contributed by atoms with E-state index in [0.29, 0.717) is 25.7 Å². The first-order chi connectivity index (χ1) is 9.31. The zero-order chi connectivity index (χ0) is 13.9. The molecular formula is C13H28IN3O3. The van der Waals surface area contributed by atoms with Gasteiger partial charge in [-0.2, -0.15) is 0 Å². The number of guanidine groups is 1. The molecule has 0 spiro atoms. The predicted molar refractivity (Wildman–Crippen MR) is 90.9 cm³/mol. The number of hydrogen-bond acceptors (Lipinski definition) is 4. The number of nitrogens with zero attached hydrogens (tertiary/aromatic N) is 2. The first-order valence-corrected chi connectivity index (χ1v) is 7.02. The van der Waals surface area contributed by atoms with Crippen LogP contribution in [0.3, 0.4) is 0 Å². The van der Waals surface area contributed by atoms with Crippen LogP contribution < -0.4 is 5.32 Å². The normalized spacial score (nSPS) is 19.1. The van der Waals surface area contributed by atoms with Crippen molar-refractivity contribution in [3.05, 3.63) is 0 Å². The minimum atomic E-state index is 0. The van der Waals surface area contributed by atoms with Gasteiger partial charge in [0.25, 0.3) is 0 Å². The van der Waals surface area contributed by atoms with E-state index < -0.39 is 0 Å². The van der Waals surface area contributed by atoms with Gasteiger partial charge in [0.05, 0.1) is 33.0 Å². The lowest BCUT2D eigenvalue weighted by Crippen LogP contribution is -2.40. The number of hydrogen-bond donors (Lipinski definition) is 2. The summed E-state index contributed by atoms with van der Waals surface area (Å²) in [4.78, 5) is 6.62. The third-order valence-corrected chi connectivity index (χ3v) is 3.07. The summed E-state index contributed by atoms with van der Waals surface area (Å²) < 4.78 is 10.5. The van der Waals surface area contributed by atoms with Crippen LogP contribution in [-0.2, 0) is 9.47 Å². The van der Waals surface area contributed by atoms with Crippen LogP contribution in [-0.4, -0.2) is 75.7 Å². The van der Waals surface area contributed by atoms with Crippen LogP contribution in [0.1, 0.15) is 13.3 Å². The molecule has 7 heteroatoms. The minimum Gasteiger partial charge on any atom is -0.394 e. The lowest BCUT2D eigenvalue weighted by molar-refractivity contribution is 0.0536. The summed E-state index contributed by atoms with van der Waals surface area (Å²) in [5.74, 6) is 1.45. The molecule has 1 aliphatic rings. The Balaban J connectivity index is 0.00000361. The molecule has 0 radical (unpaired) electrons. The van der Waals surface area contributed by atoms with Crippen molar-refractivity contribution < 1.29 is 14.6 Å². The second-order valence-electron chi connectivity index (χ2n) is 4.63. The van der Waals surface area contributed by atoms with E-state index in [2.05, 4.69) is 22.1 Å². The molecule has 1 heterocycles. The maximum atomic E-state index is 8.86. The average molecular weight is 401 g/mol. The van der Waals surface area contributed by atoms with Gasteiger partial charge < -0.3 is 24.8 Å². The number of aliphatic imine (C=N–C) groups is 1. The Hall–Kier alpha value is -0.120. The van der Waals surface area contributed by atoms with Crippen LogP contribution in [0.4, 0.5) is 0 Å². The van der Waals surface area contributed by atoms with E-state index in [1.807, 2.05) is 0 Å². The summed E-state index contributed by atoms with van der Waals surface area (Å²) in [7, 11) is 1.68. The van der Waals surface area contributed by atoms with Crippen LogP contribution in [0.5, 0.6) is 0 Å². The van der Waals surface area contributed by atoms with Crippen molar-refractivity contribution in [1.29, 1.82) is 0 Å². The Morgan fingerprint density at radius 3 is 2.90 bits per heavy atom. The van der Waals surface area contributed by atoms with E-state index in [0.717, 1.165) is 38.6 Å². The van der Waals surface area contributed by atoms with Crippen LogP contribution in [0, 0.1) is 5.92 Å². The number of likely N-dealkylation sites (tertiary alicyclic amines) is 1. The quantitative estimate of drug-likeness (QED) is 0.269. The molecule has 1 saturated heterocycles. The Labute approximate surface area is 138 Å². The molecule has 1 atom stereocenters. The molecule has 1 unspecified atom stereocenters. The Bertz CT molecular complexity index is 267. The molecule has 0 aliphatic carbocycles. The predicted octanol–water partition coefficient (Wildman–Crippen LogP) is 0.547. The van der Waals surface area contributed by atoms with E-state index in [1.165, 1.54) is 0 Å². The highest BCUT2D eigenvalue weighted by molar-refractivity contribution is 14.0. The summed E-state index contributed by atoms with van der Waals surface area (Å²) >= 11 is 0. The van der Waals surface area contributed by atoms with Crippen LogP contribution in [0.15, 0.2) is 4.99 Å². The molecule has 0 aromatic rings. The zero-order valence-corrected chi connectivity index (χ0v) is 14.8. The maximum Gasteiger partial charge on any atom is 0.194 e. The smallest absolute Gasteiger partial charge is 0.194 e. The van der Waals surface area contributed by atoms with Crippen molar-refractivity contribution in [3.63, 3.8) is 0 Å². The van der Waals surface area contributed by atoms with Crippen molar-refractivity contribution in [2.45, 2.75) is 13.3 Å². The number of rotatable bonds is 8. The first-order valence-electron chi connectivity index (χ1n) is 7.02. The molecule has 0 amide bonds. The lowest BCUT2D eigenvalue weighted by atomic mass is 10.1. The summed E-state index contributed by atoms with van der Waals surface area (Å²) in [6.45, 7) is 7.48. The summed E-state index contributed by atoms with van der Waals surface area (Å²) in [5, 5.41) is 12.1. The van der Waals surface area contributed by atoms with Gasteiger partial charge in [0.2, 0.25) is 0 Å². The molecule has 0 bridgehead atoms. The molecule has 2 N–H and O–H groups in total. The second kappa shape index (κ2) is 12.6. The van der Waals surface area contributed by atoms with Crippen LogP contribution in [0.25, 0.3) is 0 Å². The van der Waals surface area contributed by atoms with Gasteiger partial charge in [0.15, 0.2) is 5.96 Å². The summed E-state index contributed by atoms with van der Waals surface area (Å²) in [6, 6.07) is 0. The molecule has 20 heavy (non-hydrogen) atoms. The average Bonchev–Trinajstić information content (AvgIpc) is 2.88. The van der Waals surface area contributed by atoms with Gasteiger partial charge in [-0.05, 0) is 13.3 Å². The minimum absolute atomic E-state index is 0. The van der Waals surface area contributed by atoms with Crippen molar-refractivity contribution in [1.82, 2.24) is 10.2 Å². The fraction of sp³-hybridized carbons (Fsp3) is 0.923. The van der Waals surface area contributed by atoms with E-state index in [4.69, 9.17) is 14.6 Å². The molecule has 120 valence electrons. The molecule has 1 fully saturated rings. The second-order valence-corrected chi connectivity index (χ2v) is 4.63. The first kappa shape index (κ1) is 19.9. The number of nitrogens with one attached hydrogen (secondary N) is 1. The topological polar surface area (TPSA) is 66.3 Å². The molecule has 0 aromatic heterocycles. The zero-order valence-electron chi connectivity index (χ0n) is 12.5. The Morgan fingerprint density at radius 2 is 2.25 bits per heavy atom. The number of methoxy groups -OCH3 is 1.